The highest BCUT2D eigenvalue weighted by atomic mass is 79.9. The molecule has 1 aromatic carbocycles. The number of halogens is 4. The van der Waals surface area contributed by atoms with Crippen LogP contribution in [-0.4, -0.2) is 17.3 Å². The molecule has 0 radical (unpaired) electrons. The van der Waals surface area contributed by atoms with E-state index in [1.807, 2.05) is 0 Å². The third kappa shape index (κ3) is 4.71. The summed E-state index contributed by atoms with van der Waals surface area (Å²) in [5.74, 6) is 0. The maximum atomic E-state index is 11.6. The van der Waals surface area contributed by atoms with E-state index in [2.05, 4.69) is 36.3 Å². The van der Waals surface area contributed by atoms with E-state index in [1.165, 1.54) is 24.3 Å². The van der Waals surface area contributed by atoms with E-state index in [-0.39, 0.29) is 4.90 Å². The molecule has 16 heavy (non-hydrogen) atoms. The van der Waals surface area contributed by atoms with Crippen molar-refractivity contribution in [2.75, 3.05) is 0 Å². The van der Waals surface area contributed by atoms with Crippen LogP contribution in [0.4, 0.5) is 0 Å². The van der Waals surface area contributed by atoms with Gasteiger partial charge in [0.15, 0.2) is 2.69 Å². The highest BCUT2D eigenvalue weighted by Gasteiger charge is 2.18. The lowest BCUT2D eigenvalue weighted by atomic mass is 10.4. The van der Waals surface area contributed by atoms with Gasteiger partial charge in [-0.2, -0.15) is 12.8 Å². The molecule has 0 atom stereocenters. The summed E-state index contributed by atoms with van der Waals surface area (Å²) < 4.78 is 25.5. The molecule has 88 valence electrons. The molecule has 8 heteroatoms. The van der Waals surface area contributed by atoms with Crippen molar-refractivity contribution in [2.24, 2.45) is 4.40 Å². The van der Waals surface area contributed by atoms with Gasteiger partial charge in [-0.05, 0) is 56.1 Å². The van der Waals surface area contributed by atoms with Gasteiger partial charge in [0.2, 0.25) is 0 Å². The number of alkyl halides is 3. The van der Waals surface area contributed by atoms with Crippen LogP contribution < -0.4 is 0 Å². The Hall–Kier alpha value is 0.380. The van der Waals surface area contributed by atoms with E-state index < -0.39 is 12.7 Å². The molecule has 0 fully saturated rings. The monoisotopic (exact) mass is 407 g/mol. The normalized spacial score (nSPS) is 13.2. The van der Waals surface area contributed by atoms with E-state index in [4.69, 9.17) is 23.2 Å². The largest absolute Gasteiger partial charge is 0.282 e. The summed E-state index contributed by atoms with van der Waals surface area (Å²) in [7, 11) is -3.74. The van der Waals surface area contributed by atoms with Crippen molar-refractivity contribution in [3.63, 3.8) is 0 Å². The van der Waals surface area contributed by atoms with Crippen LogP contribution >= 0.6 is 55.1 Å². The van der Waals surface area contributed by atoms with E-state index in [1.54, 1.807) is 0 Å². The predicted molar refractivity (Wildman–Crippen MR) is 73.6 cm³/mol. The second kappa shape index (κ2) is 5.35. The van der Waals surface area contributed by atoms with Crippen LogP contribution in [0.15, 0.2) is 33.6 Å². The van der Waals surface area contributed by atoms with Crippen LogP contribution in [0.5, 0.6) is 0 Å². The highest BCUT2D eigenvalue weighted by molar-refractivity contribution is 9.26. The summed E-state index contributed by atoms with van der Waals surface area (Å²) in [4.78, 5) is 0.0501. The summed E-state index contributed by atoms with van der Waals surface area (Å²) in [6.07, 6.45) is 1.03. The van der Waals surface area contributed by atoms with Gasteiger partial charge in [0.1, 0.15) is 0 Å². The van der Waals surface area contributed by atoms with Crippen molar-refractivity contribution in [1.82, 2.24) is 0 Å². The summed E-state index contributed by atoms with van der Waals surface area (Å²) in [6, 6.07) is 5.68. The number of hydrogen-bond acceptors (Lipinski definition) is 2. The Bertz CT molecular complexity index is 494. The molecular weight excluding hydrogens is 405 g/mol. The van der Waals surface area contributed by atoms with Crippen molar-refractivity contribution < 1.29 is 8.42 Å². The number of rotatable bonds is 3. The maximum absolute atomic E-state index is 11.6. The first kappa shape index (κ1) is 14.4. The Balaban J connectivity index is 3.04. The lowest BCUT2D eigenvalue weighted by Crippen LogP contribution is -2.05. The minimum Gasteiger partial charge on any atom is -0.199 e. The zero-order valence-corrected chi connectivity index (χ0v) is 13.1. The van der Waals surface area contributed by atoms with Crippen molar-refractivity contribution in [3.8, 4) is 0 Å². The predicted octanol–water partition coefficient (Wildman–Crippen LogP) is 3.78. The van der Waals surface area contributed by atoms with Crippen LogP contribution in [0, 0.1) is 0 Å². The molecule has 0 saturated carbocycles. The first-order valence-corrected chi connectivity index (χ1v) is 7.63. The van der Waals surface area contributed by atoms with E-state index in [9.17, 15) is 8.42 Å². The van der Waals surface area contributed by atoms with Gasteiger partial charge >= 0.3 is 0 Å². The summed E-state index contributed by atoms with van der Waals surface area (Å²) >= 11 is 17.2. The Labute approximate surface area is 120 Å². The van der Waals surface area contributed by atoms with Gasteiger partial charge in [-0.3, -0.25) is 0 Å². The van der Waals surface area contributed by atoms with Crippen LogP contribution in [0.25, 0.3) is 0 Å². The molecule has 1 aromatic rings. The lowest BCUT2D eigenvalue weighted by Gasteiger charge is -2.03. The molecule has 3 nitrogen and oxygen atoms in total. The molecule has 0 N–H and O–H groups in total. The second-order valence-corrected chi connectivity index (χ2v) is 9.85. The zero-order chi connectivity index (χ0) is 12.4. The Morgan fingerprint density at radius 1 is 1.25 bits per heavy atom. The van der Waals surface area contributed by atoms with Gasteiger partial charge in [0, 0.05) is 5.02 Å². The molecule has 0 bridgehead atoms. The van der Waals surface area contributed by atoms with Gasteiger partial charge < -0.3 is 0 Å². The quantitative estimate of drug-likeness (QED) is 0.563. The second-order valence-electron chi connectivity index (χ2n) is 2.71. The van der Waals surface area contributed by atoms with Gasteiger partial charge in [-0.1, -0.05) is 23.2 Å². The van der Waals surface area contributed by atoms with Gasteiger partial charge in [-0.25, -0.2) is 0 Å². The zero-order valence-electron chi connectivity index (χ0n) is 7.57. The number of nitrogens with zero attached hydrogens (tertiary/aromatic N) is 1. The average molecular weight is 410 g/mol. The molecule has 0 aliphatic heterocycles. The maximum Gasteiger partial charge on any atom is 0.282 e. The van der Waals surface area contributed by atoms with Crippen molar-refractivity contribution in [1.29, 1.82) is 0 Å². The van der Waals surface area contributed by atoms with Crippen molar-refractivity contribution in [3.05, 3.63) is 29.3 Å². The first-order valence-electron chi connectivity index (χ1n) is 3.84. The van der Waals surface area contributed by atoms with Crippen LogP contribution in [-0.2, 0) is 10.0 Å². The fraction of sp³-hybridized carbons (Fsp3) is 0.125. The Morgan fingerprint density at radius 3 is 2.19 bits per heavy atom. The smallest absolute Gasteiger partial charge is 0.199 e. The SMILES string of the molecule is O=S(=O)(N=CC(Cl)(Br)Br)c1ccc(Cl)cc1. The third-order valence-corrected chi connectivity index (χ3v) is 3.46. The average Bonchev–Trinajstić information content (AvgIpc) is 2.15. The van der Waals surface area contributed by atoms with Crippen LogP contribution in [0.1, 0.15) is 0 Å². The molecule has 0 aliphatic rings. The third-order valence-electron chi connectivity index (χ3n) is 1.45. The first-order chi connectivity index (χ1) is 7.21. The topological polar surface area (TPSA) is 46.5 Å². The van der Waals surface area contributed by atoms with Crippen LogP contribution in [0.2, 0.25) is 5.02 Å². The standard InChI is InChI=1S/C8H5Br2Cl2NO2S/c9-8(10,12)5-13-16(14,15)7-3-1-6(11)2-4-7/h1-5H. The molecule has 0 saturated heterocycles. The Morgan fingerprint density at radius 2 is 1.75 bits per heavy atom. The fourth-order valence-corrected chi connectivity index (χ4v) is 2.40. The fourth-order valence-electron chi connectivity index (χ4n) is 0.797. The van der Waals surface area contributed by atoms with Gasteiger partial charge in [0.25, 0.3) is 10.0 Å². The highest BCUT2D eigenvalue weighted by Crippen LogP contribution is 2.29. The Kier molecular flexibility index (Phi) is 4.83. The summed E-state index contributed by atoms with van der Waals surface area (Å²) in [5, 5.41) is 0.454. The lowest BCUT2D eigenvalue weighted by molar-refractivity contribution is 0.598. The molecule has 1 rings (SSSR count). The van der Waals surface area contributed by atoms with Crippen molar-refractivity contribution >= 4 is 71.3 Å². The molecule has 0 heterocycles. The summed E-state index contributed by atoms with van der Waals surface area (Å²) in [5.41, 5.74) is 0. The number of sulfonamides is 1. The van der Waals surface area contributed by atoms with E-state index >= 15 is 0 Å². The van der Waals surface area contributed by atoms with Crippen LogP contribution in [0.3, 0.4) is 0 Å². The van der Waals surface area contributed by atoms with Gasteiger partial charge in [-0.15, -0.1) is 0 Å². The molecule has 0 amide bonds. The van der Waals surface area contributed by atoms with Crippen molar-refractivity contribution in [2.45, 2.75) is 7.59 Å². The molecule has 0 unspecified atom stereocenters. The van der Waals surface area contributed by atoms with E-state index in [0.717, 1.165) is 6.21 Å². The molecule has 0 spiro atoms. The van der Waals surface area contributed by atoms with Gasteiger partial charge in [0.05, 0.1) is 11.1 Å². The summed E-state index contributed by atoms with van der Waals surface area (Å²) in [6.45, 7) is 0. The van der Waals surface area contributed by atoms with E-state index in [0.29, 0.717) is 5.02 Å². The number of hydrogen-bond donors (Lipinski definition) is 0. The minimum atomic E-state index is -3.74. The number of benzene rings is 1. The molecular formula is C8H5Br2Cl2NO2S. The minimum absolute atomic E-state index is 0.0501. The molecule has 0 aromatic heterocycles. The molecule has 0 aliphatic carbocycles.